The highest BCUT2D eigenvalue weighted by Crippen LogP contribution is 2.37. The Hall–Kier alpha value is -1.33. The zero-order valence-electron chi connectivity index (χ0n) is 18.7. The number of ether oxygens (including phenoxy) is 2. The SMILES string of the molecule is C[Si](C)OC(c1cccc(OCC(C)(C)OCc2ccccc2Cl)c1)C(C)(C)C. The lowest BCUT2D eigenvalue weighted by Crippen LogP contribution is -2.32. The maximum absolute atomic E-state index is 6.31. The third-order valence-corrected chi connectivity index (χ3v) is 5.54. The highest BCUT2D eigenvalue weighted by molar-refractivity contribution is 6.48. The van der Waals surface area contributed by atoms with Gasteiger partial charge in [-0.25, -0.2) is 0 Å². The summed E-state index contributed by atoms with van der Waals surface area (Å²) in [5.41, 5.74) is 1.69. The summed E-state index contributed by atoms with van der Waals surface area (Å²) in [5.74, 6) is 0.829. The van der Waals surface area contributed by atoms with Gasteiger partial charge in [-0.05, 0) is 61.7 Å². The van der Waals surface area contributed by atoms with Gasteiger partial charge >= 0.3 is 0 Å². The molecule has 0 N–H and O–H groups in total. The largest absolute Gasteiger partial charge is 0.491 e. The molecule has 0 aliphatic heterocycles. The van der Waals surface area contributed by atoms with Crippen LogP contribution in [0.5, 0.6) is 5.75 Å². The fourth-order valence-corrected chi connectivity index (χ4v) is 4.09. The van der Waals surface area contributed by atoms with E-state index in [0.29, 0.717) is 13.2 Å². The zero-order valence-corrected chi connectivity index (χ0v) is 20.5. The van der Waals surface area contributed by atoms with Gasteiger partial charge in [-0.1, -0.05) is 62.7 Å². The smallest absolute Gasteiger partial charge is 0.205 e. The first-order chi connectivity index (χ1) is 13.5. The molecule has 2 rings (SSSR count). The molecule has 0 aliphatic rings. The van der Waals surface area contributed by atoms with Gasteiger partial charge in [0.05, 0.1) is 18.3 Å². The third-order valence-electron chi connectivity index (χ3n) is 4.46. The molecule has 2 aromatic carbocycles. The molecule has 0 aliphatic carbocycles. The van der Waals surface area contributed by atoms with Crippen molar-refractivity contribution in [2.45, 2.75) is 66.0 Å². The second kappa shape index (κ2) is 10.1. The molecule has 1 atom stereocenters. The number of halogens is 1. The predicted molar refractivity (Wildman–Crippen MR) is 123 cm³/mol. The summed E-state index contributed by atoms with van der Waals surface area (Å²) in [6.07, 6.45) is 0.0411. The van der Waals surface area contributed by atoms with Crippen molar-refractivity contribution in [3.8, 4) is 5.75 Å². The van der Waals surface area contributed by atoms with Crippen molar-refractivity contribution < 1.29 is 13.9 Å². The molecule has 0 saturated carbocycles. The van der Waals surface area contributed by atoms with E-state index in [2.05, 4.69) is 46.0 Å². The van der Waals surface area contributed by atoms with Gasteiger partial charge in [0.1, 0.15) is 12.4 Å². The molecule has 159 valence electrons. The topological polar surface area (TPSA) is 27.7 Å². The van der Waals surface area contributed by atoms with E-state index in [1.807, 2.05) is 50.2 Å². The molecule has 5 heteroatoms. The number of hydrogen-bond donors (Lipinski definition) is 0. The Morgan fingerprint density at radius 2 is 1.66 bits per heavy atom. The van der Waals surface area contributed by atoms with Gasteiger partial charge in [-0.3, -0.25) is 0 Å². The van der Waals surface area contributed by atoms with Crippen molar-refractivity contribution >= 4 is 20.6 Å². The monoisotopic (exact) mass is 433 g/mol. The van der Waals surface area contributed by atoms with Crippen LogP contribution in [0.3, 0.4) is 0 Å². The van der Waals surface area contributed by atoms with Gasteiger partial charge in [0.2, 0.25) is 9.04 Å². The third kappa shape index (κ3) is 7.78. The van der Waals surface area contributed by atoms with Crippen molar-refractivity contribution in [3.05, 3.63) is 64.7 Å². The van der Waals surface area contributed by atoms with Crippen LogP contribution in [0.15, 0.2) is 48.5 Å². The van der Waals surface area contributed by atoms with Crippen molar-refractivity contribution in [2.75, 3.05) is 6.61 Å². The fourth-order valence-electron chi connectivity index (χ4n) is 2.94. The second-order valence-corrected chi connectivity index (χ2v) is 11.7. The van der Waals surface area contributed by atoms with Gasteiger partial charge in [0, 0.05) is 5.02 Å². The zero-order chi connectivity index (χ0) is 21.7. The Bertz CT molecular complexity index is 784. The van der Waals surface area contributed by atoms with Crippen LogP contribution in [0, 0.1) is 5.41 Å². The van der Waals surface area contributed by atoms with Crippen LogP contribution in [0.1, 0.15) is 51.8 Å². The van der Waals surface area contributed by atoms with E-state index in [-0.39, 0.29) is 11.5 Å². The van der Waals surface area contributed by atoms with E-state index in [4.69, 9.17) is 25.5 Å². The molecule has 0 saturated heterocycles. The lowest BCUT2D eigenvalue weighted by Gasteiger charge is -2.33. The van der Waals surface area contributed by atoms with Crippen molar-refractivity contribution in [1.29, 1.82) is 0 Å². The van der Waals surface area contributed by atoms with E-state index in [1.165, 1.54) is 0 Å². The van der Waals surface area contributed by atoms with Gasteiger partial charge in [0.15, 0.2) is 0 Å². The Morgan fingerprint density at radius 3 is 2.28 bits per heavy atom. The van der Waals surface area contributed by atoms with Gasteiger partial charge in [0.25, 0.3) is 0 Å². The number of rotatable bonds is 9. The molecule has 1 unspecified atom stereocenters. The van der Waals surface area contributed by atoms with Crippen LogP contribution < -0.4 is 4.74 Å². The maximum Gasteiger partial charge on any atom is 0.205 e. The van der Waals surface area contributed by atoms with Crippen LogP contribution in [0.2, 0.25) is 18.1 Å². The van der Waals surface area contributed by atoms with Crippen LogP contribution in [0.4, 0.5) is 0 Å². The van der Waals surface area contributed by atoms with Gasteiger partial charge < -0.3 is 13.9 Å². The maximum atomic E-state index is 6.31. The molecule has 0 amide bonds. The van der Waals surface area contributed by atoms with Crippen LogP contribution in [-0.2, 0) is 15.8 Å². The first-order valence-electron chi connectivity index (χ1n) is 10.0. The summed E-state index contributed by atoms with van der Waals surface area (Å²) in [6, 6.07) is 16.0. The lowest BCUT2D eigenvalue weighted by atomic mass is 9.85. The molecule has 2 aromatic rings. The van der Waals surface area contributed by atoms with E-state index in [9.17, 15) is 0 Å². The molecular formula is C24H34ClO3Si. The second-order valence-electron chi connectivity index (χ2n) is 9.27. The highest BCUT2D eigenvalue weighted by atomic mass is 35.5. The minimum atomic E-state index is -0.819. The quantitative estimate of drug-likeness (QED) is 0.396. The summed E-state index contributed by atoms with van der Waals surface area (Å²) in [7, 11) is -0.819. The van der Waals surface area contributed by atoms with Crippen molar-refractivity contribution in [2.24, 2.45) is 5.41 Å². The molecule has 29 heavy (non-hydrogen) atoms. The number of hydrogen-bond acceptors (Lipinski definition) is 3. The van der Waals surface area contributed by atoms with Crippen LogP contribution >= 0.6 is 11.6 Å². The molecular weight excluding hydrogens is 400 g/mol. The van der Waals surface area contributed by atoms with E-state index >= 15 is 0 Å². The molecule has 0 aromatic heterocycles. The normalized spacial score (nSPS) is 13.6. The summed E-state index contributed by atoms with van der Waals surface area (Å²) in [5, 5.41) is 0.720. The van der Waals surface area contributed by atoms with Crippen molar-refractivity contribution in [3.63, 3.8) is 0 Å². The Balaban J connectivity index is 2.02. The lowest BCUT2D eigenvalue weighted by molar-refractivity contribution is -0.0569. The van der Waals surface area contributed by atoms with Gasteiger partial charge in [-0.15, -0.1) is 0 Å². The molecule has 0 heterocycles. The Morgan fingerprint density at radius 1 is 0.966 bits per heavy atom. The molecule has 0 bridgehead atoms. The van der Waals surface area contributed by atoms with Gasteiger partial charge in [-0.2, -0.15) is 0 Å². The molecule has 3 nitrogen and oxygen atoms in total. The Kier molecular flexibility index (Phi) is 8.35. The predicted octanol–water partition coefficient (Wildman–Crippen LogP) is 7.07. The summed E-state index contributed by atoms with van der Waals surface area (Å²) >= 11 is 6.22. The molecule has 0 spiro atoms. The van der Waals surface area contributed by atoms with Crippen LogP contribution in [0.25, 0.3) is 0 Å². The van der Waals surface area contributed by atoms with E-state index in [0.717, 1.165) is 21.9 Å². The fraction of sp³-hybridized carbons (Fsp3) is 0.500. The first-order valence-corrected chi connectivity index (χ1v) is 12.8. The number of benzene rings is 2. The van der Waals surface area contributed by atoms with E-state index < -0.39 is 14.6 Å². The minimum absolute atomic E-state index is 0.0118. The summed E-state index contributed by atoms with van der Waals surface area (Å²) < 4.78 is 18.5. The Labute approximate surface area is 183 Å². The van der Waals surface area contributed by atoms with Crippen LogP contribution in [-0.4, -0.2) is 21.2 Å². The highest BCUT2D eigenvalue weighted by Gasteiger charge is 2.28. The summed E-state index contributed by atoms with van der Waals surface area (Å²) in [4.78, 5) is 0. The molecule has 1 radical (unpaired) electrons. The summed E-state index contributed by atoms with van der Waals surface area (Å²) in [6.45, 7) is 15.9. The molecule has 0 fully saturated rings. The van der Waals surface area contributed by atoms with Crippen molar-refractivity contribution in [1.82, 2.24) is 0 Å². The first kappa shape index (κ1) is 23.9. The average molecular weight is 434 g/mol. The average Bonchev–Trinajstić information content (AvgIpc) is 2.63. The minimum Gasteiger partial charge on any atom is -0.491 e. The van der Waals surface area contributed by atoms with E-state index in [1.54, 1.807) is 0 Å². The standard InChI is InChI=1S/C24H34ClO3Si/c1-23(2,3)22(28-29(6)7)18-12-10-13-20(15-18)26-17-24(4,5)27-16-19-11-8-9-14-21(19)25/h8-15,22H,16-17H2,1-7H3.